The van der Waals surface area contributed by atoms with E-state index in [0.717, 1.165) is 0 Å². The van der Waals surface area contributed by atoms with E-state index >= 15 is 0 Å². The highest BCUT2D eigenvalue weighted by Gasteiger charge is 2.35. The fourth-order valence-corrected chi connectivity index (χ4v) is 2.22. The van der Waals surface area contributed by atoms with Crippen LogP contribution in [0.3, 0.4) is 0 Å². The summed E-state index contributed by atoms with van der Waals surface area (Å²) in [7, 11) is 0. The predicted molar refractivity (Wildman–Crippen MR) is 82.2 cm³/mol. The SMILES string of the molecule is CC(C)N1C[C@H](C(=O)NCCNC(=O)OC(C)(C)C)CC1=O. The molecule has 1 saturated heterocycles. The van der Waals surface area contributed by atoms with Crippen molar-refractivity contribution in [3.8, 4) is 0 Å². The van der Waals surface area contributed by atoms with Gasteiger partial charge >= 0.3 is 6.09 Å². The fourth-order valence-electron chi connectivity index (χ4n) is 2.22. The molecule has 1 fully saturated rings. The summed E-state index contributed by atoms with van der Waals surface area (Å²) in [6, 6.07) is 0.110. The van der Waals surface area contributed by atoms with Crippen LogP contribution in [-0.4, -0.2) is 54.1 Å². The Hall–Kier alpha value is -1.79. The number of alkyl carbamates (subject to hydrolysis) is 1. The summed E-state index contributed by atoms with van der Waals surface area (Å²) in [5.74, 6) is -0.444. The van der Waals surface area contributed by atoms with Crippen LogP contribution in [0.5, 0.6) is 0 Å². The van der Waals surface area contributed by atoms with Crippen LogP contribution < -0.4 is 10.6 Å². The minimum Gasteiger partial charge on any atom is -0.444 e. The van der Waals surface area contributed by atoms with Crippen molar-refractivity contribution in [1.82, 2.24) is 15.5 Å². The molecule has 0 aromatic rings. The van der Waals surface area contributed by atoms with Crippen molar-refractivity contribution in [3.63, 3.8) is 0 Å². The predicted octanol–water partition coefficient (Wildman–Crippen LogP) is 0.884. The van der Waals surface area contributed by atoms with E-state index in [1.165, 1.54) is 0 Å². The third kappa shape index (κ3) is 5.91. The minimum absolute atomic E-state index is 0.0158. The van der Waals surface area contributed by atoms with Crippen molar-refractivity contribution < 1.29 is 19.1 Å². The molecular weight excluding hydrogens is 286 g/mol. The van der Waals surface area contributed by atoms with Gasteiger partial charge in [-0.15, -0.1) is 0 Å². The summed E-state index contributed by atoms with van der Waals surface area (Å²) in [6.45, 7) is 10.3. The summed E-state index contributed by atoms with van der Waals surface area (Å²) >= 11 is 0. The summed E-state index contributed by atoms with van der Waals surface area (Å²) in [5.41, 5.74) is -0.544. The summed E-state index contributed by atoms with van der Waals surface area (Å²) in [4.78, 5) is 36.9. The Balaban J connectivity index is 2.25. The molecule has 0 radical (unpaired) electrons. The number of carbonyl (C=O) groups excluding carboxylic acids is 3. The van der Waals surface area contributed by atoms with E-state index in [2.05, 4.69) is 10.6 Å². The molecule has 0 unspecified atom stereocenters. The number of rotatable bonds is 5. The minimum atomic E-state index is -0.544. The molecule has 1 aliphatic rings. The van der Waals surface area contributed by atoms with Crippen LogP contribution in [0.1, 0.15) is 41.0 Å². The Morgan fingerprint density at radius 3 is 2.36 bits per heavy atom. The average Bonchev–Trinajstić information content (AvgIpc) is 2.74. The standard InChI is InChI=1S/C15H27N3O4/c1-10(2)18-9-11(8-12(18)19)13(20)16-6-7-17-14(21)22-15(3,4)5/h10-11H,6-9H2,1-5H3,(H,16,20)(H,17,21)/t11-/m1/s1. The monoisotopic (exact) mass is 313 g/mol. The maximum absolute atomic E-state index is 12.0. The Morgan fingerprint density at radius 2 is 1.86 bits per heavy atom. The Bertz CT molecular complexity index is 429. The number of likely N-dealkylation sites (tertiary alicyclic amines) is 1. The number of ether oxygens (including phenoxy) is 1. The van der Waals surface area contributed by atoms with E-state index in [-0.39, 0.29) is 36.7 Å². The van der Waals surface area contributed by atoms with Gasteiger partial charge in [-0.1, -0.05) is 0 Å². The fraction of sp³-hybridized carbons (Fsp3) is 0.800. The van der Waals surface area contributed by atoms with Crippen LogP contribution in [0, 0.1) is 5.92 Å². The van der Waals surface area contributed by atoms with Gasteiger partial charge in [0.2, 0.25) is 11.8 Å². The maximum atomic E-state index is 12.0. The first kappa shape index (κ1) is 18.3. The van der Waals surface area contributed by atoms with Gasteiger partial charge in [0.15, 0.2) is 0 Å². The first-order valence-corrected chi connectivity index (χ1v) is 7.64. The molecule has 1 aliphatic heterocycles. The van der Waals surface area contributed by atoms with Crippen LogP contribution in [0.4, 0.5) is 4.79 Å². The Labute approximate surface area is 131 Å². The first-order valence-electron chi connectivity index (χ1n) is 7.64. The van der Waals surface area contributed by atoms with Crippen molar-refractivity contribution in [2.75, 3.05) is 19.6 Å². The number of carbonyl (C=O) groups is 3. The average molecular weight is 313 g/mol. The maximum Gasteiger partial charge on any atom is 0.407 e. The highest BCUT2D eigenvalue weighted by Crippen LogP contribution is 2.19. The lowest BCUT2D eigenvalue weighted by atomic mass is 10.1. The molecule has 0 aromatic carbocycles. The van der Waals surface area contributed by atoms with E-state index in [0.29, 0.717) is 13.1 Å². The third-order valence-corrected chi connectivity index (χ3v) is 3.25. The molecule has 0 spiro atoms. The molecule has 22 heavy (non-hydrogen) atoms. The zero-order valence-corrected chi connectivity index (χ0v) is 14.1. The van der Waals surface area contributed by atoms with Crippen LogP contribution in [-0.2, 0) is 14.3 Å². The number of hydrogen-bond donors (Lipinski definition) is 2. The van der Waals surface area contributed by atoms with Gasteiger partial charge in [-0.25, -0.2) is 4.79 Å². The first-order chi connectivity index (χ1) is 10.1. The van der Waals surface area contributed by atoms with Gasteiger partial charge in [0.05, 0.1) is 5.92 Å². The van der Waals surface area contributed by atoms with Crippen LogP contribution in [0.2, 0.25) is 0 Å². The van der Waals surface area contributed by atoms with E-state index in [1.54, 1.807) is 25.7 Å². The van der Waals surface area contributed by atoms with Gasteiger partial charge in [0.25, 0.3) is 0 Å². The molecule has 7 nitrogen and oxygen atoms in total. The molecule has 3 amide bonds. The molecule has 0 aromatic heterocycles. The molecule has 2 N–H and O–H groups in total. The second-order valence-electron chi connectivity index (χ2n) is 6.76. The number of hydrogen-bond acceptors (Lipinski definition) is 4. The molecule has 0 saturated carbocycles. The van der Waals surface area contributed by atoms with E-state index in [1.807, 2.05) is 13.8 Å². The van der Waals surface area contributed by atoms with Crippen molar-refractivity contribution in [1.29, 1.82) is 0 Å². The highest BCUT2D eigenvalue weighted by atomic mass is 16.6. The second kappa shape index (κ2) is 7.47. The van der Waals surface area contributed by atoms with Crippen LogP contribution in [0.25, 0.3) is 0 Å². The summed E-state index contributed by atoms with van der Waals surface area (Å²) in [5, 5.41) is 5.30. The molecule has 7 heteroatoms. The van der Waals surface area contributed by atoms with Gasteiger partial charge in [0, 0.05) is 32.1 Å². The van der Waals surface area contributed by atoms with Crippen molar-refractivity contribution >= 4 is 17.9 Å². The van der Waals surface area contributed by atoms with E-state index in [9.17, 15) is 14.4 Å². The zero-order valence-electron chi connectivity index (χ0n) is 14.1. The number of amides is 3. The van der Waals surface area contributed by atoms with Gasteiger partial charge in [-0.05, 0) is 34.6 Å². The lowest BCUT2D eigenvalue weighted by molar-refractivity contribution is -0.129. The molecule has 1 atom stereocenters. The molecule has 126 valence electrons. The van der Waals surface area contributed by atoms with E-state index < -0.39 is 11.7 Å². The zero-order chi connectivity index (χ0) is 16.9. The molecule has 1 rings (SSSR count). The van der Waals surface area contributed by atoms with E-state index in [4.69, 9.17) is 4.74 Å². The quantitative estimate of drug-likeness (QED) is 0.738. The molecule has 0 bridgehead atoms. The largest absolute Gasteiger partial charge is 0.444 e. The normalized spacial score (nSPS) is 18.5. The summed E-state index contributed by atoms with van der Waals surface area (Å²) < 4.78 is 5.08. The third-order valence-electron chi connectivity index (χ3n) is 3.25. The smallest absolute Gasteiger partial charge is 0.407 e. The highest BCUT2D eigenvalue weighted by molar-refractivity contribution is 5.89. The lowest BCUT2D eigenvalue weighted by Gasteiger charge is -2.21. The van der Waals surface area contributed by atoms with Crippen LogP contribution >= 0.6 is 0 Å². The Morgan fingerprint density at radius 1 is 1.27 bits per heavy atom. The van der Waals surface area contributed by atoms with Gasteiger partial charge < -0.3 is 20.3 Å². The number of nitrogens with zero attached hydrogens (tertiary/aromatic N) is 1. The molecular formula is C15H27N3O4. The van der Waals surface area contributed by atoms with Crippen molar-refractivity contribution in [2.24, 2.45) is 5.92 Å². The second-order valence-corrected chi connectivity index (χ2v) is 6.76. The van der Waals surface area contributed by atoms with Crippen molar-refractivity contribution in [2.45, 2.75) is 52.7 Å². The molecule has 1 heterocycles. The molecule has 0 aliphatic carbocycles. The van der Waals surface area contributed by atoms with Crippen LogP contribution in [0.15, 0.2) is 0 Å². The van der Waals surface area contributed by atoms with Gasteiger partial charge in [-0.3, -0.25) is 9.59 Å². The Kier molecular flexibility index (Phi) is 6.20. The van der Waals surface area contributed by atoms with Gasteiger partial charge in [-0.2, -0.15) is 0 Å². The van der Waals surface area contributed by atoms with Gasteiger partial charge in [0.1, 0.15) is 5.60 Å². The lowest BCUT2D eigenvalue weighted by Crippen LogP contribution is -2.40. The topological polar surface area (TPSA) is 87.7 Å². The van der Waals surface area contributed by atoms with Crippen molar-refractivity contribution in [3.05, 3.63) is 0 Å². The summed E-state index contributed by atoms with van der Waals surface area (Å²) in [6.07, 6.45) is -0.257. The number of nitrogens with one attached hydrogen (secondary N) is 2.